The number of hydrogen-bond donors (Lipinski definition) is 4. The van der Waals surface area contributed by atoms with E-state index in [0.717, 1.165) is 12.8 Å². The highest BCUT2D eigenvalue weighted by atomic mass is 35.5. The summed E-state index contributed by atoms with van der Waals surface area (Å²) in [5.74, 6) is 0.295. The lowest BCUT2D eigenvalue weighted by molar-refractivity contribution is 0.133. The van der Waals surface area contributed by atoms with Crippen molar-refractivity contribution in [3.63, 3.8) is 0 Å². The first-order chi connectivity index (χ1) is 13.3. The largest absolute Gasteiger partial charge is 0.392 e. The van der Waals surface area contributed by atoms with Gasteiger partial charge in [-0.1, -0.05) is 24.4 Å². The maximum absolute atomic E-state index is 12.6. The van der Waals surface area contributed by atoms with E-state index in [4.69, 9.17) is 17.3 Å². The van der Waals surface area contributed by atoms with Crippen LogP contribution in [-0.2, 0) is 10.0 Å². The van der Waals surface area contributed by atoms with Crippen LogP contribution in [0, 0.1) is 0 Å². The monoisotopic (exact) mass is 421 g/mol. The molecule has 148 valence electrons. The summed E-state index contributed by atoms with van der Waals surface area (Å²) >= 11 is 6.39. The minimum Gasteiger partial charge on any atom is -0.392 e. The van der Waals surface area contributed by atoms with Crippen LogP contribution in [0.15, 0.2) is 30.3 Å². The summed E-state index contributed by atoms with van der Waals surface area (Å²) in [4.78, 5) is 4.48. The fourth-order valence-electron chi connectivity index (χ4n) is 3.53. The third-order valence-electron chi connectivity index (χ3n) is 5.01. The number of aliphatic hydroxyl groups excluding tert-OH is 1. The number of H-pyrrole nitrogens is 1. The van der Waals surface area contributed by atoms with Crippen LogP contribution >= 0.6 is 11.6 Å². The Morgan fingerprint density at radius 3 is 2.75 bits per heavy atom. The van der Waals surface area contributed by atoms with Crippen LogP contribution in [0.5, 0.6) is 0 Å². The quantitative estimate of drug-likeness (QED) is 0.511. The third kappa shape index (κ3) is 3.52. The second-order valence-electron chi connectivity index (χ2n) is 6.93. The van der Waals surface area contributed by atoms with E-state index in [1.165, 1.54) is 6.07 Å². The van der Waals surface area contributed by atoms with Gasteiger partial charge in [-0.3, -0.25) is 9.82 Å². The molecule has 10 heteroatoms. The molecule has 0 radical (unpaired) electrons. The number of halogens is 1. The van der Waals surface area contributed by atoms with Crippen LogP contribution in [0.1, 0.15) is 25.7 Å². The molecule has 5 N–H and O–H groups in total. The Labute approximate surface area is 167 Å². The molecule has 2 heterocycles. The smallest absolute Gasteiger partial charge is 0.238 e. The van der Waals surface area contributed by atoms with E-state index >= 15 is 0 Å². The van der Waals surface area contributed by atoms with Crippen molar-refractivity contribution in [2.75, 3.05) is 10.5 Å². The summed E-state index contributed by atoms with van der Waals surface area (Å²) in [5, 5.41) is 16.3. The summed E-state index contributed by atoms with van der Waals surface area (Å²) < 4.78 is 27.8. The summed E-state index contributed by atoms with van der Waals surface area (Å²) in [6.07, 6.45) is 1.71. The fraction of sp³-hybridized carbons (Fsp3) is 0.333. The van der Waals surface area contributed by atoms with Crippen molar-refractivity contribution in [1.29, 1.82) is 0 Å². The number of sulfonamides is 1. The SMILES string of the molecule is Nc1n[nH]c2ccc(-c3ccc(NS(=O)(=O)[C@@H]4CCCC[C@@H]4O)cc3Cl)nc12. The average Bonchev–Trinajstić information content (AvgIpc) is 3.02. The number of nitrogens with zero attached hydrogens (tertiary/aromatic N) is 2. The number of benzene rings is 1. The molecule has 1 saturated carbocycles. The lowest BCUT2D eigenvalue weighted by atomic mass is 9.97. The molecule has 0 bridgehead atoms. The van der Waals surface area contributed by atoms with Crippen LogP contribution in [0.25, 0.3) is 22.3 Å². The number of anilines is 2. The van der Waals surface area contributed by atoms with Gasteiger partial charge < -0.3 is 10.8 Å². The first-order valence-corrected chi connectivity index (χ1v) is 10.9. The Bertz CT molecular complexity index is 1130. The van der Waals surface area contributed by atoms with Crippen molar-refractivity contribution < 1.29 is 13.5 Å². The summed E-state index contributed by atoms with van der Waals surface area (Å²) in [6, 6.07) is 8.44. The molecule has 1 aliphatic rings. The second kappa shape index (κ2) is 7.23. The highest BCUT2D eigenvalue weighted by Gasteiger charge is 2.34. The van der Waals surface area contributed by atoms with Gasteiger partial charge in [-0.05, 0) is 43.2 Å². The van der Waals surface area contributed by atoms with Crippen LogP contribution in [0.3, 0.4) is 0 Å². The van der Waals surface area contributed by atoms with E-state index in [1.54, 1.807) is 24.3 Å². The number of hydrogen-bond acceptors (Lipinski definition) is 6. The van der Waals surface area contributed by atoms with Gasteiger partial charge in [0.05, 0.1) is 28.0 Å². The summed E-state index contributed by atoms with van der Waals surface area (Å²) in [7, 11) is -3.71. The fourth-order valence-corrected chi connectivity index (χ4v) is 5.44. The topological polar surface area (TPSA) is 134 Å². The molecular formula is C18H20ClN5O3S. The Morgan fingerprint density at radius 2 is 2.00 bits per heavy atom. The number of fused-ring (bicyclic) bond motifs is 1. The Kier molecular flexibility index (Phi) is 4.90. The number of aromatic nitrogens is 3. The van der Waals surface area contributed by atoms with Gasteiger partial charge in [-0.2, -0.15) is 5.10 Å². The van der Waals surface area contributed by atoms with Crippen molar-refractivity contribution in [2.24, 2.45) is 0 Å². The van der Waals surface area contributed by atoms with E-state index in [9.17, 15) is 13.5 Å². The first kappa shape index (κ1) is 19.0. The molecule has 0 spiro atoms. The molecule has 4 rings (SSSR count). The van der Waals surface area contributed by atoms with Gasteiger partial charge in [0.15, 0.2) is 5.82 Å². The molecule has 8 nitrogen and oxygen atoms in total. The highest BCUT2D eigenvalue weighted by molar-refractivity contribution is 7.93. The third-order valence-corrected chi connectivity index (χ3v) is 7.19. The van der Waals surface area contributed by atoms with E-state index < -0.39 is 21.4 Å². The lowest BCUT2D eigenvalue weighted by Crippen LogP contribution is -2.40. The van der Waals surface area contributed by atoms with Gasteiger partial charge in [0.1, 0.15) is 10.8 Å². The van der Waals surface area contributed by atoms with E-state index in [-0.39, 0.29) is 0 Å². The number of pyridine rings is 1. The maximum Gasteiger partial charge on any atom is 0.238 e. The predicted octanol–water partition coefficient (Wildman–Crippen LogP) is 2.91. The zero-order valence-electron chi connectivity index (χ0n) is 14.9. The molecule has 2 aromatic heterocycles. The number of aromatic amines is 1. The number of nitrogens with two attached hydrogens (primary N) is 1. The molecule has 1 aromatic carbocycles. The summed E-state index contributed by atoms with van der Waals surface area (Å²) in [6.45, 7) is 0. The Morgan fingerprint density at radius 1 is 1.21 bits per heavy atom. The standard InChI is InChI=1S/C18H20ClN5O3S/c19-12-9-10(24-28(26,27)16-4-2-1-3-15(16)25)5-6-11(12)13-7-8-14-17(21-13)18(20)23-22-14/h5-9,15-16,24-25H,1-4H2,(H3,20,22,23)/t15-,16+/m0/s1. The van der Waals surface area contributed by atoms with E-state index in [0.29, 0.717) is 51.7 Å². The zero-order valence-corrected chi connectivity index (χ0v) is 16.5. The minimum atomic E-state index is -3.71. The lowest BCUT2D eigenvalue weighted by Gasteiger charge is -2.27. The molecule has 0 amide bonds. The zero-order chi connectivity index (χ0) is 19.9. The highest BCUT2D eigenvalue weighted by Crippen LogP contribution is 2.32. The maximum atomic E-state index is 12.6. The minimum absolute atomic E-state index is 0.295. The predicted molar refractivity (Wildman–Crippen MR) is 110 cm³/mol. The number of nitrogen functional groups attached to an aromatic ring is 1. The Hall–Kier alpha value is -2.36. The van der Waals surface area contributed by atoms with Gasteiger partial charge in [0, 0.05) is 5.56 Å². The number of nitrogens with one attached hydrogen (secondary N) is 2. The average molecular weight is 422 g/mol. The van der Waals surface area contributed by atoms with Crippen molar-refractivity contribution in [3.8, 4) is 11.3 Å². The van der Waals surface area contributed by atoms with E-state index in [1.807, 2.05) is 0 Å². The first-order valence-electron chi connectivity index (χ1n) is 8.95. The molecule has 2 atom stereocenters. The molecule has 0 saturated heterocycles. The van der Waals surface area contributed by atoms with Gasteiger partial charge >= 0.3 is 0 Å². The molecule has 3 aromatic rings. The van der Waals surface area contributed by atoms with Crippen molar-refractivity contribution in [3.05, 3.63) is 35.4 Å². The normalized spacial score (nSPS) is 20.4. The molecular weight excluding hydrogens is 402 g/mol. The second-order valence-corrected chi connectivity index (χ2v) is 9.24. The van der Waals surface area contributed by atoms with Crippen molar-refractivity contribution >= 4 is 44.2 Å². The van der Waals surface area contributed by atoms with Crippen molar-refractivity contribution in [1.82, 2.24) is 15.2 Å². The van der Waals surface area contributed by atoms with Crippen LogP contribution in [-0.4, -0.2) is 40.1 Å². The van der Waals surface area contributed by atoms with Gasteiger partial charge in [0.25, 0.3) is 0 Å². The van der Waals surface area contributed by atoms with Gasteiger partial charge in [-0.25, -0.2) is 13.4 Å². The molecule has 28 heavy (non-hydrogen) atoms. The Balaban J connectivity index is 1.61. The van der Waals surface area contributed by atoms with E-state index in [2.05, 4.69) is 19.9 Å². The molecule has 0 aliphatic heterocycles. The molecule has 0 unspecified atom stereocenters. The molecule has 1 aliphatic carbocycles. The van der Waals surface area contributed by atoms with Crippen LogP contribution in [0.4, 0.5) is 11.5 Å². The van der Waals surface area contributed by atoms with Crippen LogP contribution < -0.4 is 10.5 Å². The molecule has 1 fully saturated rings. The van der Waals surface area contributed by atoms with Crippen LogP contribution in [0.2, 0.25) is 5.02 Å². The van der Waals surface area contributed by atoms with Gasteiger partial charge in [0.2, 0.25) is 10.0 Å². The van der Waals surface area contributed by atoms with Gasteiger partial charge in [-0.15, -0.1) is 0 Å². The number of aliphatic hydroxyl groups is 1. The number of rotatable bonds is 4. The van der Waals surface area contributed by atoms with Crippen molar-refractivity contribution in [2.45, 2.75) is 37.0 Å². The summed E-state index contributed by atoms with van der Waals surface area (Å²) in [5.41, 5.74) is 8.65.